The summed E-state index contributed by atoms with van der Waals surface area (Å²) in [6.07, 6.45) is 8.08. The first-order valence-corrected chi connectivity index (χ1v) is 9.88. The van der Waals surface area contributed by atoms with E-state index < -0.39 is 0 Å². The van der Waals surface area contributed by atoms with Crippen LogP contribution in [-0.4, -0.2) is 37.5 Å². The Balaban J connectivity index is 1.56. The van der Waals surface area contributed by atoms with Crippen LogP contribution in [0.25, 0.3) is 0 Å². The van der Waals surface area contributed by atoms with Crippen molar-refractivity contribution in [3.63, 3.8) is 0 Å². The summed E-state index contributed by atoms with van der Waals surface area (Å²) in [7, 11) is 0. The quantitative estimate of drug-likeness (QED) is 0.776. The second-order valence-electron chi connectivity index (χ2n) is 8.96. The average molecular weight is 344 g/mol. The van der Waals surface area contributed by atoms with E-state index in [9.17, 15) is 9.59 Å². The minimum absolute atomic E-state index is 0.000681. The summed E-state index contributed by atoms with van der Waals surface area (Å²) in [6, 6.07) is 0. The Labute approximate surface area is 150 Å². The van der Waals surface area contributed by atoms with Crippen LogP contribution in [0, 0.1) is 23.2 Å². The van der Waals surface area contributed by atoms with Gasteiger partial charge in [0.15, 0.2) is 5.78 Å². The zero-order valence-electron chi connectivity index (χ0n) is 15.6. The fourth-order valence-corrected chi connectivity index (χ4v) is 5.49. The number of nitrogens with one attached hydrogen (secondary N) is 1. The molecule has 25 heavy (non-hydrogen) atoms. The van der Waals surface area contributed by atoms with Crippen LogP contribution in [0.15, 0.2) is 23.3 Å². The molecule has 4 nitrogen and oxygen atoms in total. The lowest BCUT2D eigenvalue weighted by molar-refractivity contribution is -0.908. The molecule has 0 bridgehead atoms. The lowest BCUT2D eigenvalue weighted by Crippen LogP contribution is -3.13. The van der Waals surface area contributed by atoms with E-state index >= 15 is 0 Å². The number of ether oxygens (including phenoxy) is 1. The first-order chi connectivity index (χ1) is 11.9. The van der Waals surface area contributed by atoms with Crippen LogP contribution in [0.1, 0.15) is 46.5 Å². The minimum atomic E-state index is -0.187. The molecule has 2 aliphatic carbocycles. The van der Waals surface area contributed by atoms with E-state index in [-0.39, 0.29) is 35.1 Å². The van der Waals surface area contributed by atoms with Crippen molar-refractivity contribution in [1.29, 1.82) is 0 Å². The van der Waals surface area contributed by atoms with Gasteiger partial charge in [0, 0.05) is 16.9 Å². The molecule has 4 aliphatic rings. The maximum absolute atomic E-state index is 12.7. The summed E-state index contributed by atoms with van der Waals surface area (Å²) in [5, 5.41) is 0. The van der Waals surface area contributed by atoms with E-state index in [4.69, 9.17) is 4.74 Å². The monoisotopic (exact) mass is 344 g/mol. The normalized spacial score (nSPS) is 43.7. The molecule has 0 aromatic rings. The van der Waals surface area contributed by atoms with Gasteiger partial charge in [-0.05, 0) is 50.2 Å². The van der Waals surface area contributed by atoms with Crippen LogP contribution in [0.5, 0.6) is 0 Å². The SMILES string of the molecule is CC1=C2[C@@H]3OC(=O)[C@H](C[NH+]4CCC(C)CC4)[C@@H]3CC[C@]2(C)C=CC1=O. The second-order valence-corrected chi connectivity index (χ2v) is 8.96. The van der Waals surface area contributed by atoms with Gasteiger partial charge in [0.25, 0.3) is 0 Å². The van der Waals surface area contributed by atoms with Gasteiger partial charge in [0.05, 0.1) is 19.6 Å². The van der Waals surface area contributed by atoms with Crippen LogP contribution in [0.3, 0.4) is 0 Å². The predicted octanol–water partition coefficient (Wildman–Crippen LogP) is 1.71. The predicted molar refractivity (Wildman–Crippen MR) is 95.0 cm³/mol. The highest BCUT2D eigenvalue weighted by Gasteiger charge is 2.55. The molecule has 1 saturated carbocycles. The number of esters is 1. The molecule has 2 saturated heterocycles. The van der Waals surface area contributed by atoms with Crippen molar-refractivity contribution in [3.8, 4) is 0 Å². The van der Waals surface area contributed by atoms with Crippen LogP contribution in [-0.2, 0) is 14.3 Å². The number of quaternary nitrogens is 1. The van der Waals surface area contributed by atoms with Gasteiger partial charge >= 0.3 is 5.97 Å². The first kappa shape index (κ1) is 17.0. The molecule has 136 valence electrons. The van der Waals surface area contributed by atoms with Crippen LogP contribution >= 0.6 is 0 Å². The molecule has 4 atom stereocenters. The van der Waals surface area contributed by atoms with Gasteiger partial charge in [-0.1, -0.05) is 19.9 Å². The van der Waals surface area contributed by atoms with Crippen molar-refractivity contribution in [2.75, 3.05) is 19.6 Å². The number of hydrogen-bond acceptors (Lipinski definition) is 3. The minimum Gasteiger partial charge on any atom is -0.457 e. The number of ketones is 1. The summed E-state index contributed by atoms with van der Waals surface area (Å²) >= 11 is 0. The maximum atomic E-state index is 12.7. The summed E-state index contributed by atoms with van der Waals surface area (Å²) < 4.78 is 5.90. The second kappa shape index (κ2) is 6.08. The Kier molecular flexibility index (Phi) is 4.14. The Morgan fingerprint density at radius 2 is 1.96 bits per heavy atom. The molecular formula is C21H30NO3+. The Bertz CT molecular complexity index is 656. The molecule has 0 aromatic heterocycles. The molecule has 0 radical (unpaired) electrons. The Morgan fingerprint density at radius 3 is 2.68 bits per heavy atom. The number of hydrogen-bond donors (Lipinski definition) is 1. The molecule has 2 heterocycles. The molecular weight excluding hydrogens is 314 g/mol. The molecule has 1 N–H and O–H groups in total. The van der Waals surface area contributed by atoms with E-state index in [0.717, 1.165) is 36.5 Å². The number of likely N-dealkylation sites (tertiary alicyclic amines) is 1. The van der Waals surface area contributed by atoms with Gasteiger partial charge in [-0.2, -0.15) is 0 Å². The van der Waals surface area contributed by atoms with Crippen molar-refractivity contribution >= 4 is 11.8 Å². The van der Waals surface area contributed by atoms with Gasteiger partial charge in [-0.25, -0.2) is 0 Å². The van der Waals surface area contributed by atoms with Gasteiger partial charge in [-0.15, -0.1) is 0 Å². The van der Waals surface area contributed by atoms with E-state index in [1.807, 2.05) is 13.0 Å². The molecule has 0 spiro atoms. The maximum Gasteiger partial charge on any atom is 0.315 e. The molecule has 0 unspecified atom stereocenters. The van der Waals surface area contributed by atoms with Gasteiger partial charge in [-0.3, -0.25) is 9.59 Å². The standard InChI is InChI=1S/C21H29NO3/c1-13-6-10-22(11-7-13)12-16-15-4-8-21(3)9-5-17(23)14(2)18(21)19(15)25-20(16)24/h5,9,13,15-16,19H,4,6-8,10-12H2,1-3H3/p+1/t15-,16+,19+,21+/m0/s1. The van der Waals surface area contributed by atoms with Gasteiger partial charge < -0.3 is 9.64 Å². The molecule has 0 aromatic carbocycles. The van der Waals surface area contributed by atoms with E-state index in [2.05, 4.69) is 13.8 Å². The number of fused-ring (bicyclic) bond motifs is 3. The molecule has 3 fully saturated rings. The van der Waals surface area contributed by atoms with Crippen LogP contribution in [0.2, 0.25) is 0 Å². The van der Waals surface area contributed by atoms with Gasteiger partial charge in [0.2, 0.25) is 0 Å². The fraction of sp³-hybridized carbons (Fsp3) is 0.714. The topological polar surface area (TPSA) is 47.8 Å². The van der Waals surface area contributed by atoms with E-state index in [0.29, 0.717) is 0 Å². The van der Waals surface area contributed by atoms with E-state index in [1.165, 1.54) is 25.9 Å². The fourth-order valence-electron chi connectivity index (χ4n) is 5.49. The summed E-state index contributed by atoms with van der Waals surface area (Å²) in [5.41, 5.74) is 1.75. The third-order valence-corrected chi connectivity index (χ3v) is 7.21. The van der Waals surface area contributed by atoms with Crippen molar-refractivity contribution in [3.05, 3.63) is 23.3 Å². The molecule has 4 heteroatoms. The molecule has 4 rings (SSSR count). The first-order valence-electron chi connectivity index (χ1n) is 9.88. The van der Waals surface area contributed by atoms with Crippen LogP contribution in [0.4, 0.5) is 0 Å². The summed E-state index contributed by atoms with van der Waals surface area (Å²) in [4.78, 5) is 26.4. The highest BCUT2D eigenvalue weighted by atomic mass is 16.6. The summed E-state index contributed by atoms with van der Waals surface area (Å²) in [5.74, 6) is 1.10. The zero-order chi connectivity index (χ0) is 17.8. The molecule has 2 aliphatic heterocycles. The largest absolute Gasteiger partial charge is 0.457 e. The number of piperidine rings is 1. The Morgan fingerprint density at radius 1 is 1.24 bits per heavy atom. The highest BCUT2D eigenvalue weighted by Crippen LogP contribution is 2.52. The lowest BCUT2D eigenvalue weighted by Gasteiger charge is -2.43. The Hall–Kier alpha value is -1.42. The zero-order valence-corrected chi connectivity index (χ0v) is 15.6. The summed E-state index contributed by atoms with van der Waals surface area (Å²) in [6.45, 7) is 9.65. The van der Waals surface area contributed by atoms with Gasteiger partial charge in [0.1, 0.15) is 12.0 Å². The number of allylic oxidation sites excluding steroid dienone is 3. The smallest absolute Gasteiger partial charge is 0.315 e. The third kappa shape index (κ3) is 2.79. The number of carbonyl (C=O) groups is 2. The van der Waals surface area contributed by atoms with Crippen molar-refractivity contribution in [2.45, 2.75) is 52.6 Å². The third-order valence-electron chi connectivity index (χ3n) is 7.21. The molecule has 0 amide bonds. The number of rotatable bonds is 2. The lowest BCUT2D eigenvalue weighted by atomic mass is 9.61. The highest BCUT2D eigenvalue weighted by molar-refractivity contribution is 6.05. The van der Waals surface area contributed by atoms with Crippen molar-refractivity contribution in [2.24, 2.45) is 23.2 Å². The van der Waals surface area contributed by atoms with Crippen molar-refractivity contribution in [1.82, 2.24) is 0 Å². The average Bonchev–Trinajstić information content (AvgIpc) is 2.89. The van der Waals surface area contributed by atoms with Crippen molar-refractivity contribution < 1.29 is 19.2 Å². The van der Waals surface area contributed by atoms with E-state index in [1.54, 1.807) is 11.0 Å². The van der Waals surface area contributed by atoms with Crippen LogP contribution < -0.4 is 4.90 Å². The number of carbonyl (C=O) groups excluding carboxylic acids is 2.